The fraction of sp³-hybridized carbons (Fsp3) is 0.866. The van der Waals surface area contributed by atoms with Gasteiger partial charge in [-0.1, -0.05) is 276 Å². The third-order valence-electron chi connectivity index (χ3n) is 14.6. The molecule has 0 fully saturated rings. The van der Waals surface area contributed by atoms with Gasteiger partial charge >= 0.3 is 17.9 Å². The van der Waals surface area contributed by atoms with E-state index in [1.807, 2.05) is 0 Å². The summed E-state index contributed by atoms with van der Waals surface area (Å²) in [6.07, 6.45) is 75.7. The molecule has 0 aliphatic heterocycles. The average molecular weight is 1030 g/mol. The Balaban J connectivity index is 4.34. The lowest BCUT2D eigenvalue weighted by atomic mass is 10.1. The SMILES string of the molecule is CCCCCCCC/C=C/CCCCCCCCCCCC(=O)OC[C@@H](COC(=O)CCCCCCCCC/C=C/CCCCCCCC)OC(=O)CCCCCCCCCCC/C=C/CCCCCCCC. The number of unbranched alkanes of at least 4 members (excludes halogenated alkanes) is 43. The van der Waals surface area contributed by atoms with Crippen LogP contribution in [0.15, 0.2) is 36.5 Å². The number of carbonyl (C=O) groups is 3. The Labute approximate surface area is 455 Å². The van der Waals surface area contributed by atoms with E-state index in [1.165, 1.54) is 257 Å². The van der Waals surface area contributed by atoms with Crippen LogP contribution in [0.3, 0.4) is 0 Å². The van der Waals surface area contributed by atoms with E-state index in [-0.39, 0.29) is 31.1 Å². The molecule has 0 radical (unpaired) electrons. The first kappa shape index (κ1) is 70.6. The number of hydrogen-bond acceptors (Lipinski definition) is 6. The van der Waals surface area contributed by atoms with E-state index < -0.39 is 6.10 Å². The lowest BCUT2D eigenvalue weighted by Crippen LogP contribution is -2.30. The second-order valence-corrected chi connectivity index (χ2v) is 22.0. The maximum absolute atomic E-state index is 12.9. The molecule has 0 saturated heterocycles. The summed E-state index contributed by atoms with van der Waals surface area (Å²) in [7, 11) is 0. The van der Waals surface area contributed by atoms with Crippen LogP contribution in [0.5, 0.6) is 0 Å². The number of ether oxygens (including phenoxy) is 3. The molecule has 0 aliphatic rings. The van der Waals surface area contributed by atoms with Crippen LogP contribution in [0.25, 0.3) is 0 Å². The van der Waals surface area contributed by atoms with Gasteiger partial charge in [-0.05, 0) is 96.3 Å². The third-order valence-corrected chi connectivity index (χ3v) is 14.6. The minimum Gasteiger partial charge on any atom is -0.462 e. The fourth-order valence-electron chi connectivity index (χ4n) is 9.67. The van der Waals surface area contributed by atoms with Crippen LogP contribution in [0.1, 0.15) is 355 Å². The van der Waals surface area contributed by atoms with Crippen LogP contribution in [0.4, 0.5) is 0 Å². The largest absolute Gasteiger partial charge is 0.462 e. The van der Waals surface area contributed by atoms with Gasteiger partial charge in [-0.2, -0.15) is 0 Å². The first-order valence-electron chi connectivity index (χ1n) is 32.5. The van der Waals surface area contributed by atoms with Gasteiger partial charge < -0.3 is 14.2 Å². The predicted octanol–water partition coefficient (Wildman–Crippen LogP) is 22.0. The molecular weight excluding hydrogens is 901 g/mol. The van der Waals surface area contributed by atoms with Crippen LogP contribution in [-0.2, 0) is 28.6 Å². The Morgan fingerprint density at radius 3 is 0.685 bits per heavy atom. The summed E-state index contributed by atoms with van der Waals surface area (Å²) >= 11 is 0. The van der Waals surface area contributed by atoms with Gasteiger partial charge in [-0.15, -0.1) is 0 Å². The molecule has 0 spiro atoms. The zero-order valence-electron chi connectivity index (χ0n) is 49.2. The predicted molar refractivity (Wildman–Crippen MR) is 316 cm³/mol. The van der Waals surface area contributed by atoms with Crippen LogP contribution < -0.4 is 0 Å². The van der Waals surface area contributed by atoms with E-state index in [0.29, 0.717) is 19.3 Å². The summed E-state index contributed by atoms with van der Waals surface area (Å²) in [5, 5.41) is 0. The molecule has 0 aliphatic carbocycles. The van der Waals surface area contributed by atoms with Gasteiger partial charge in [-0.25, -0.2) is 0 Å². The zero-order valence-corrected chi connectivity index (χ0v) is 49.2. The third kappa shape index (κ3) is 60.4. The van der Waals surface area contributed by atoms with Gasteiger partial charge in [0, 0.05) is 19.3 Å². The van der Waals surface area contributed by atoms with Gasteiger partial charge in [0.25, 0.3) is 0 Å². The summed E-state index contributed by atoms with van der Waals surface area (Å²) < 4.78 is 17.0. The fourth-order valence-corrected chi connectivity index (χ4v) is 9.67. The molecule has 0 aromatic heterocycles. The zero-order chi connectivity index (χ0) is 52.9. The van der Waals surface area contributed by atoms with Crippen molar-refractivity contribution in [2.75, 3.05) is 13.2 Å². The van der Waals surface area contributed by atoms with Crippen molar-refractivity contribution in [1.29, 1.82) is 0 Å². The van der Waals surface area contributed by atoms with Gasteiger partial charge in [-0.3, -0.25) is 14.4 Å². The molecule has 0 N–H and O–H groups in total. The minimum absolute atomic E-state index is 0.0723. The molecule has 0 unspecified atom stereocenters. The second kappa shape index (κ2) is 62.2. The minimum atomic E-state index is -0.775. The summed E-state index contributed by atoms with van der Waals surface area (Å²) in [5.74, 6) is -0.857. The van der Waals surface area contributed by atoms with Gasteiger partial charge in [0.15, 0.2) is 6.10 Å². The molecule has 1 atom stereocenters. The highest BCUT2D eigenvalue weighted by Crippen LogP contribution is 2.17. The lowest BCUT2D eigenvalue weighted by molar-refractivity contribution is -0.167. The summed E-state index contributed by atoms with van der Waals surface area (Å²) in [4.78, 5) is 38.3. The van der Waals surface area contributed by atoms with E-state index in [1.54, 1.807) is 0 Å². The van der Waals surface area contributed by atoms with Crippen LogP contribution >= 0.6 is 0 Å². The summed E-state index contributed by atoms with van der Waals surface area (Å²) in [6, 6.07) is 0. The summed E-state index contributed by atoms with van der Waals surface area (Å²) in [6.45, 7) is 6.68. The number of hydrogen-bond donors (Lipinski definition) is 0. The van der Waals surface area contributed by atoms with Gasteiger partial charge in [0.2, 0.25) is 0 Å². The van der Waals surface area contributed by atoms with Crippen molar-refractivity contribution in [2.45, 2.75) is 361 Å². The Hall–Kier alpha value is -2.37. The van der Waals surface area contributed by atoms with Crippen molar-refractivity contribution < 1.29 is 28.6 Å². The van der Waals surface area contributed by atoms with E-state index in [0.717, 1.165) is 57.8 Å². The van der Waals surface area contributed by atoms with E-state index in [4.69, 9.17) is 14.2 Å². The van der Waals surface area contributed by atoms with Crippen molar-refractivity contribution in [3.05, 3.63) is 36.5 Å². The maximum Gasteiger partial charge on any atom is 0.306 e. The van der Waals surface area contributed by atoms with Crippen molar-refractivity contribution in [1.82, 2.24) is 0 Å². The quantitative estimate of drug-likeness (QED) is 0.0261. The molecule has 0 heterocycles. The van der Waals surface area contributed by atoms with Crippen LogP contribution in [-0.4, -0.2) is 37.2 Å². The highest BCUT2D eigenvalue weighted by atomic mass is 16.6. The molecule has 428 valence electrons. The molecule has 6 nitrogen and oxygen atoms in total. The average Bonchev–Trinajstić information content (AvgIpc) is 3.39. The maximum atomic E-state index is 12.9. The van der Waals surface area contributed by atoms with Crippen molar-refractivity contribution in [2.24, 2.45) is 0 Å². The molecule has 0 rings (SSSR count). The number of esters is 3. The molecule has 0 bridgehead atoms. The van der Waals surface area contributed by atoms with Crippen LogP contribution in [0, 0.1) is 0 Å². The van der Waals surface area contributed by atoms with Gasteiger partial charge in [0.05, 0.1) is 0 Å². The highest BCUT2D eigenvalue weighted by Gasteiger charge is 2.19. The van der Waals surface area contributed by atoms with E-state index in [2.05, 4.69) is 57.2 Å². The molecule has 6 heteroatoms. The van der Waals surface area contributed by atoms with Gasteiger partial charge in [0.1, 0.15) is 13.2 Å². The smallest absolute Gasteiger partial charge is 0.306 e. The van der Waals surface area contributed by atoms with Crippen LogP contribution in [0.2, 0.25) is 0 Å². The monoisotopic (exact) mass is 1020 g/mol. The highest BCUT2D eigenvalue weighted by molar-refractivity contribution is 5.71. The first-order chi connectivity index (χ1) is 36.0. The van der Waals surface area contributed by atoms with E-state index >= 15 is 0 Å². The second-order valence-electron chi connectivity index (χ2n) is 22.0. The molecule has 0 saturated carbocycles. The number of carbonyl (C=O) groups excluding carboxylic acids is 3. The number of rotatable bonds is 60. The number of allylic oxidation sites excluding steroid dienone is 6. The normalized spacial score (nSPS) is 12.2. The Kier molecular flexibility index (Phi) is 60.2. The van der Waals surface area contributed by atoms with Crippen molar-refractivity contribution in [3.8, 4) is 0 Å². The molecular formula is C67H124O6. The summed E-state index contributed by atoms with van der Waals surface area (Å²) in [5.41, 5.74) is 0. The lowest BCUT2D eigenvalue weighted by Gasteiger charge is -2.18. The molecule has 73 heavy (non-hydrogen) atoms. The van der Waals surface area contributed by atoms with E-state index in [9.17, 15) is 14.4 Å². The van der Waals surface area contributed by atoms with Crippen molar-refractivity contribution >= 4 is 17.9 Å². The molecule has 0 amide bonds. The first-order valence-corrected chi connectivity index (χ1v) is 32.5. The Morgan fingerprint density at radius 2 is 0.452 bits per heavy atom. The molecule has 0 aromatic carbocycles. The Bertz CT molecular complexity index is 1220. The Morgan fingerprint density at radius 1 is 0.260 bits per heavy atom. The standard InChI is InChI=1S/C67H124O6/c1-4-7-10-13-16-19-22-25-28-31-33-36-39-42-45-48-51-54-57-60-66(69)72-63-64(62-71-65(68)59-56-53-50-47-44-41-38-35-30-27-24-21-18-15-12-9-6-3)73-67(70)61-58-55-52-49-46-43-40-37-34-32-29-26-23-20-17-14-11-8-5-2/h25-30,64H,4-24,31-63H2,1-3H3/b28-25+,29-26+,30-27+/t64-/m1/s1. The molecule has 0 aromatic rings. The van der Waals surface area contributed by atoms with Crippen molar-refractivity contribution in [3.63, 3.8) is 0 Å². The topological polar surface area (TPSA) is 78.9 Å².